The molecule has 1 heterocycles. The maximum Gasteiger partial charge on any atom is 0.248 e. The predicted octanol–water partition coefficient (Wildman–Crippen LogP) is 3.04. The Hall–Kier alpha value is -2.27. The highest BCUT2D eigenvalue weighted by Crippen LogP contribution is 2.35. The zero-order chi connectivity index (χ0) is 14.7. The highest BCUT2D eigenvalue weighted by atomic mass is 32.2. The molecule has 1 amide bonds. The Labute approximate surface area is 127 Å². The van der Waals surface area contributed by atoms with Gasteiger partial charge in [-0.2, -0.15) is 0 Å². The molecule has 106 valence electrons. The molecule has 0 saturated carbocycles. The number of hydrogen-bond acceptors (Lipinski definition) is 4. The van der Waals surface area contributed by atoms with E-state index in [1.807, 2.05) is 30.3 Å². The molecular formula is C16H15N3OS. The third kappa shape index (κ3) is 3.25. The highest BCUT2D eigenvalue weighted by molar-refractivity contribution is 8.14. The van der Waals surface area contributed by atoms with Crippen molar-refractivity contribution in [3.05, 3.63) is 65.7 Å². The number of anilines is 1. The summed E-state index contributed by atoms with van der Waals surface area (Å²) >= 11 is 1.72. The van der Waals surface area contributed by atoms with E-state index in [1.165, 1.54) is 5.56 Å². The molecule has 1 unspecified atom stereocenters. The van der Waals surface area contributed by atoms with E-state index in [4.69, 9.17) is 5.73 Å². The van der Waals surface area contributed by atoms with Gasteiger partial charge >= 0.3 is 0 Å². The van der Waals surface area contributed by atoms with Crippen LogP contribution in [0.4, 0.5) is 5.69 Å². The lowest BCUT2D eigenvalue weighted by molar-refractivity contribution is 0.100. The Morgan fingerprint density at radius 3 is 2.52 bits per heavy atom. The van der Waals surface area contributed by atoms with Crippen molar-refractivity contribution in [2.45, 2.75) is 5.25 Å². The summed E-state index contributed by atoms with van der Waals surface area (Å²) in [6.45, 7) is 0.774. The molecule has 0 aromatic heterocycles. The number of carbonyl (C=O) groups is 1. The molecule has 0 spiro atoms. The molecule has 5 heteroatoms. The van der Waals surface area contributed by atoms with Gasteiger partial charge in [-0.05, 0) is 29.8 Å². The first-order chi connectivity index (χ1) is 10.2. The first-order valence-corrected chi connectivity index (χ1v) is 7.53. The van der Waals surface area contributed by atoms with Crippen LogP contribution >= 0.6 is 11.8 Å². The number of carbonyl (C=O) groups excluding carboxylic acids is 1. The van der Waals surface area contributed by atoms with Crippen molar-refractivity contribution < 1.29 is 4.79 Å². The third-order valence-corrected chi connectivity index (χ3v) is 4.41. The van der Waals surface area contributed by atoms with Gasteiger partial charge in [0.05, 0.1) is 11.8 Å². The largest absolute Gasteiger partial charge is 0.366 e. The van der Waals surface area contributed by atoms with E-state index >= 15 is 0 Å². The van der Waals surface area contributed by atoms with Gasteiger partial charge in [0.25, 0.3) is 0 Å². The zero-order valence-corrected chi connectivity index (χ0v) is 12.1. The van der Waals surface area contributed by atoms with Crippen molar-refractivity contribution in [1.29, 1.82) is 0 Å². The standard InChI is InChI=1S/C16H15N3OS/c17-15(20)12-6-8-13(9-7-12)19-16-18-10-14(21-16)11-4-2-1-3-5-11/h1-9,14H,10H2,(H2,17,20)(H,18,19). The molecule has 3 N–H and O–H groups in total. The van der Waals surface area contributed by atoms with Crippen LogP contribution in [-0.2, 0) is 0 Å². The van der Waals surface area contributed by atoms with E-state index in [0.717, 1.165) is 17.4 Å². The zero-order valence-electron chi connectivity index (χ0n) is 11.3. The second-order valence-corrected chi connectivity index (χ2v) is 5.92. The molecule has 0 aliphatic carbocycles. The predicted molar refractivity (Wildman–Crippen MR) is 87.7 cm³/mol. The van der Waals surface area contributed by atoms with Gasteiger partial charge in [-0.1, -0.05) is 42.1 Å². The summed E-state index contributed by atoms with van der Waals surface area (Å²) in [6, 6.07) is 17.4. The fourth-order valence-electron chi connectivity index (χ4n) is 2.13. The topological polar surface area (TPSA) is 67.5 Å². The number of nitrogens with one attached hydrogen (secondary N) is 1. The first-order valence-electron chi connectivity index (χ1n) is 6.65. The molecule has 4 nitrogen and oxygen atoms in total. The normalized spacial score (nSPS) is 17.3. The van der Waals surface area contributed by atoms with E-state index < -0.39 is 5.91 Å². The Morgan fingerprint density at radius 1 is 1.14 bits per heavy atom. The Balaban J connectivity index is 1.63. The Bertz CT molecular complexity index is 668. The summed E-state index contributed by atoms with van der Waals surface area (Å²) in [5.74, 6) is -0.418. The second-order valence-electron chi connectivity index (χ2n) is 4.73. The number of rotatable bonds is 3. The van der Waals surface area contributed by atoms with Crippen LogP contribution in [0.15, 0.2) is 59.6 Å². The molecule has 0 fully saturated rings. The van der Waals surface area contributed by atoms with Gasteiger partial charge in [-0.15, -0.1) is 0 Å². The van der Waals surface area contributed by atoms with Crippen molar-refractivity contribution in [2.75, 3.05) is 11.9 Å². The lowest BCUT2D eigenvalue weighted by Crippen LogP contribution is -2.11. The summed E-state index contributed by atoms with van der Waals surface area (Å²) < 4.78 is 0. The van der Waals surface area contributed by atoms with Gasteiger partial charge in [0.2, 0.25) is 5.91 Å². The van der Waals surface area contributed by atoms with E-state index in [0.29, 0.717) is 10.8 Å². The Morgan fingerprint density at radius 2 is 1.86 bits per heavy atom. The van der Waals surface area contributed by atoms with Crippen LogP contribution in [0.1, 0.15) is 21.2 Å². The van der Waals surface area contributed by atoms with Crippen molar-refractivity contribution >= 4 is 28.5 Å². The van der Waals surface area contributed by atoms with E-state index in [-0.39, 0.29) is 0 Å². The Kier molecular flexibility index (Phi) is 3.92. The van der Waals surface area contributed by atoms with Crippen LogP contribution in [0.3, 0.4) is 0 Å². The van der Waals surface area contributed by atoms with Gasteiger partial charge in [0.1, 0.15) is 0 Å². The molecule has 1 atom stereocenters. The van der Waals surface area contributed by atoms with Gasteiger partial charge in [0, 0.05) is 11.3 Å². The minimum absolute atomic E-state index is 0.360. The average Bonchev–Trinajstić information content (AvgIpc) is 2.97. The number of nitrogens with two attached hydrogens (primary N) is 1. The van der Waals surface area contributed by atoms with Gasteiger partial charge in [0.15, 0.2) is 5.17 Å². The number of hydrogen-bond donors (Lipinski definition) is 2. The molecule has 0 radical (unpaired) electrons. The first kappa shape index (κ1) is 13.7. The quantitative estimate of drug-likeness (QED) is 0.915. The fraction of sp³-hybridized carbons (Fsp3) is 0.125. The molecule has 3 rings (SSSR count). The van der Waals surface area contributed by atoms with E-state index in [1.54, 1.807) is 23.9 Å². The summed E-state index contributed by atoms with van der Waals surface area (Å²) in [4.78, 5) is 15.6. The van der Waals surface area contributed by atoms with Gasteiger partial charge in [-0.3, -0.25) is 9.79 Å². The molecule has 2 aromatic carbocycles. The molecular weight excluding hydrogens is 282 g/mol. The number of thioether (sulfide) groups is 1. The number of aliphatic imine (C=N–C) groups is 1. The maximum atomic E-state index is 11.0. The highest BCUT2D eigenvalue weighted by Gasteiger charge is 2.21. The van der Waals surface area contributed by atoms with Crippen LogP contribution in [-0.4, -0.2) is 17.6 Å². The molecule has 1 aliphatic rings. The monoisotopic (exact) mass is 297 g/mol. The summed E-state index contributed by atoms with van der Waals surface area (Å²) in [5, 5.41) is 4.53. The number of nitrogens with zero attached hydrogens (tertiary/aromatic N) is 1. The van der Waals surface area contributed by atoms with Crippen LogP contribution in [0.5, 0.6) is 0 Å². The van der Waals surface area contributed by atoms with Crippen LogP contribution in [0.25, 0.3) is 0 Å². The van der Waals surface area contributed by atoms with Crippen molar-refractivity contribution in [2.24, 2.45) is 10.7 Å². The lowest BCUT2D eigenvalue weighted by Gasteiger charge is -2.09. The minimum atomic E-state index is -0.418. The lowest BCUT2D eigenvalue weighted by atomic mass is 10.1. The SMILES string of the molecule is NC(=O)c1ccc(NC2=NCC(c3ccccc3)S2)cc1. The van der Waals surface area contributed by atoms with E-state index in [2.05, 4.69) is 22.4 Å². The number of primary amides is 1. The molecule has 1 aliphatic heterocycles. The number of amides is 1. The van der Waals surface area contributed by atoms with Crippen molar-refractivity contribution in [3.63, 3.8) is 0 Å². The summed E-state index contributed by atoms with van der Waals surface area (Å²) in [7, 11) is 0. The van der Waals surface area contributed by atoms with Crippen molar-refractivity contribution in [3.8, 4) is 0 Å². The minimum Gasteiger partial charge on any atom is -0.366 e. The van der Waals surface area contributed by atoms with Gasteiger partial charge in [-0.25, -0.2) is 0 Å². The number of amidine groups is 1. The summed E-state index contributed by atoms with van der Waals surface area (Å²) in [6.07, 6.45) is 0. The van der Waals surface area contributed by atoms with Crippen LogP contribution in [0.2, 0.25) is 0 Å². The summed E-state index contributed by atoms with van der Waals surface area (Å²) in [5.41, 5.74) is 7.91. The van der Waals surface area contributed by atoms with Crippen LogP contribution < -0.4 is 11.1 Å². The molecule has 2 aromatic rings. The second kappa shape index (κ2) is 6.01. The van der Waals surface area contributed by atoms with Gasteiger partial charge < -0.3 is 11.1 Å². The molecule has 0 saturated heterocycles. The fourth-order valence-corrected chi connectivity index (χ4v) is 3.16. The number of benzene rings is 2. The maximum absolute atomic E-state index is 11.0. The third-order valence-electron chi connectivity index (χ3n) is 3.25. The van der Waals surface area contributed by atoms with E-state index in [9.17, 15) is 4.79 Å². The average molecular weight is 297 g/mol. The molecule has 0 bridgehead atoms. The smallest absolute Gasteiger partial charge is 0.248 e. The van der Waals surface area contributed by atoms with Crippen LogP contribution in [0, 0.1) is 0 Å². The molecule has 21 heavy (non-hydrogen) atoms. The van der Waals surface area contributed by atoms with Crippen molar-refractivity contribution in [1.82, 2.24) is 0 Å².